The molecule has 0 aliphatic rings. The van der Waals surface area contributed by atoms with Gasteiger partial charge in [-0.05, 0) is 37.6 Å². The van der Waals surface area contributed by atoms with Crippen molar-refractivity contribution in [2.24, 2.45) is 0 Å². The van der Waals surface area contributed by atoms with Crippen molar-refractivity contribution in [3.63, 3.8) is 0 Å². The van der Waals surface area contributed by atoms with Gasteiger partial charge in [0.2, 0.25) is 22.9 Å². The van der Waals surface area contributed by atoms with E-state index in [1.807, 2.05) is 0 Å². The van der Waals surface area contributed by atoms with Crippen LogP contribution in [-0.2, 0) is 0 Å². The van der Waals surface area contributed by atoms with Gasteiger partial charge < -0.3 is 5.11 Å². The Bertz CT molecular complexity index is 1320. The van der Waals surface area contributed by atoms with Crippen LogP contribution in [0.25, 0.3) is 5.95 Å². The van der Waals surface area contributed by atoms with Gasteiger partial charge in [0.25, 0.3) is 0 Å². The number of rotatable bonds is 2. The second-order valence-corrected chi connectivity index (χ2v) is 8.35. The average molecular weight is 593 g/mol. The summed E-state index contributed by atoms with van der Waals surface area (Å²) < 4.78 is 26.0. The lowest BCUT2D eigenvalue weighted by Gasteiger charge is -1.98. The molecular formula is C21H17Cl4F2N8O2+. The molecule has 10 nitrogen and oxygen atoms in total. The van der Waals surface area contributed by atoms with Crippen LogP contribution in [0.1, 0.15) is 33.4 Å². The summed E-state index contributed by atoms with van der Waals surface area (Å²) in [7, 11) is 0. The molecule has 4 rings (SSSR count). The van der Waals surface area contributed by atoms with Crippen LogP contribution >= 0.6 is 46.4 Å². The van der Waals surface area contributed by atoms with Gasteiger partial charge in [-0.25, -0.2) is 24.3 Å². The molecule has 4 aromatic heterocycles. The third-order valence-corrected chi connectivity index (χ3v) is 5.45. The zero-order chi connectivity index (χ0) is 27.9. The lowest BCUT2D eigenvalue weighted by molar-refractivity contribution is -0.604. The first-order chi connectivity index (χ1) is 17.3. The topological polar surface area (TPSA) is 131 Å². The molecule has 0 unspecified atom stereocenters. The molecule has 0 amide bonds. The number of carboxylic acid groups (broad SMARTS) is 1. The van der Waals surface area contributed by atoms with Gasteiger partial charge in [0.1, 0.15) is 5.02 Å². The number of carboxylic acids is 1. The number of hydrogen-bond acceptors (Lipinski definition) is 8. The summed E-state index contributed by atoms with van der Waals surface area (Å²) in [5, 5.41) is 9.33. The Balaban J connectivity index is 0.000000208. The number of halogens is 6. The van der Waals surface area contributed by atoms with Gasteiger partial charge in [-0.1, -0.05) is 44.8 Å². The minimum Gasteiger partial charge on any atom is -0.478 e. The van der Waals surface area contributed by atoms with E-state index in [-0.39, 0.29) is 26.7 Å². The van der Waals surface area contributed by atoms with Crippen molar-refractivity contribution in [3.05, 3.63) is 85.6 Å². The van der Waals surface area contributed by atoms with Gasteiger partial charge in [-0.15, -0.1) is 0 Å². The molecule has 0 aliphatic carbocycles. The monoisotopic (exact) mass is 591 g/mol. The van der Waals surface area contributed by atoms with Crippen LogP contribution in [0.2, 0.25) is 20.5 Å². The van der Waals surface area contributed by atoms with E-state index in [9.17, 15) is 13.6 Å². The van der Waals surface area contributed by atoms with Crippen LogP contribution in [0, 0.1) is 39.7 Å². The molecule has 0 aliphatic heterocycles. The Hall–Kier alpha value is -3.19. The Labute approximate surface area is 229 Å². The first-order valence-electron chi connectivity index (χ1n) is 9.93. The van der Waals surface area contributed by atoms with Crippen LogP contribution in [0.15, 0.2) is 24.5 Å². The average Bonchev–Trinajstić information content (AvgIpc) is 2.81. The highest BCUT2D eigenvalue weighted by molar-refractivity contribution is 6.42. The van der Waals surface area contributed by atoms with E-state index < -0.39 is 18.0 Å². The summed E-state index contributed by atoms with van der Waals surface area (Å²) in [6.07, 6.45) is 2.07. The molecule has 4 aromatic rings. The third-order valence-electron chi connectivity index (χ3n) is 4.02. The van der Waals surface area contributed by atoms with Crippen molar-refractivity contribution >= 4 is 52.4 Å². The lowest BCUT2D eigenvalue weighted by atomic mass is 10.3. The molecule has 4 heterocycles. The van der Waals surface area contributed by atoms with E-state index >= 15 is 0 Å². The summed E-state index contributed by atoms with van der Waals surface area (Å²) in [5.74, 6) is -0.395. The van der Waals surface area contributed by atoms with E-state index in [1.54, 1.807) is 37.6 Å². The van der Waals surface area contributed by atoms with Crippen molar-refractivity contribution in [2.75, 3.05) is 0 Å². The molecule has 37 heavy (non-hydrogen) atoms. The summed E-state index contributed by atoms with van der Waals surface area (Å²) in [4.78, 5) is 36.6. The van der Waals surface area contributed by atoms with Crippen molar-refractivity contribution in [2.45, 2.75) is 27.7 Å². The van der Waals surface area contributed by atoms with E-state index in [0.717, 1.165) is 0 Å². The van der Waals surface area contributed by atoms with Crippen LogP contribution < -0.4 is 4.57 Å². The number of nitrogens with zero attached hydrogens (tertiary/aromatic N) is 8. The second kappa shape index (κ2) is 13.4. The molecule has 16 heteroatoms. The molecule has 0 atom stereocenters. The Morgan fingerprint density at radius 2 is 1.43 bits per heavy atom. The molecule has 0 spiro atoms. The Kier molecular flexibility index (Phi) is 10.9. The normalized spacial score (nSPS) is 10.1. The number of aromatic carboxylic acids is 1. The van der Waals surface area contributed by atoms with Gasteiger partial charge in [-0.3, -0.25) is 0 Å². The molecule has 194 valence electrons. The highest BCUT2D eigenvalue weighted by atomic mass is 35.5. The van der Waals surface area contributed by atoms with E-state index in [2.05, 4.69) is 34.9 Å². The maximum absolute atomic E-state index is 12.3. The summed E-state index contributed by atoms with van der Waals surface area (Å²) in [6.45, 7) is 6.64. The van der Waals surface area contributed by atoms with Crippen molar-refractivity contribution < 1.29 is 23.2 Å². The predicted molar refractivity (Wildman–Crippen MR) is 131 cm³/mol. The fourth-order valence-electron chi connectivity index (χ4n) is 2.42. The molecule has 0 aromatic carbocycles. The minimum atomic E-state index is -1.10. The SMILES string of the molecule is Cc1nc(C)nc(-[n+]2cccc(C(=O)O)c2)n1.Cc1nc(Cl)nc(Cl)c1Cl.Cc1nc(F)nc(F)c1Cl. The molecule has 0 saturated heterocycles. The fourth-order valence-corrected chi connectivity index (χ4v) is 3.06. The maximum atomic E-state index is 12.3. The maximum Gasteiger partial charge on any atom is 0.440 e. The Morgan fingerprint density at radius 1 is 0.838 bits per heavy atom. The Morgan fingerprint density at radius 3 is 1.97 bits per heavy atom. The first-order valence-corrected chi connectivity index (χ1v) is 11.4. The van der Waals surface area contributed by atoms with Crippen molar-refractivity contribution in [1.82, 2.24) is 34.9 Å². The summed E-state index contributed by atoms with van der Waals surface area (Å²) in [5.41, 5.74) is 0.876. The summed E-state index contributed by atoms with van der Waals surface area (Å²) >= 11 is 21.9. The zero-order valence-electron chi connectivity index (χ0n) is 19.5. The number of aryl methyl sites for hydroxylation is 4. The highest BCUT2D eigenvalue weighted by Gasteiger charge is 2.15. The second-order valence-electron chi connectivity index (χ2n) is 6.90. The van der Waals surface area contributed by atoms with Gasteiger partial charge in [-0.2, -0.15) is 18.7 Å². The molecule has 0 fully saturated rings. The van der Waals surface area contributed by atoms with Crippen LogP contribution in [0.4, 0.5) is 8.78 Å². The van der Waals surface area contributed by atoms with Gasteiger partial charge in [0, 0.05) is 13.8 Å². The van der Waals surface area contributed by atoms with E-state index in [0.29, 0.717) is 28.3 Å². The predicted octanol–water partition coefficient (Wildman–Crippen LogP) is 4.93. The lowest BCUT2D eigenvalue weighted by Crippen LogP contribution is -2.34. The van der Waals surface area contributed by atoms with Crippen molar-refractivity contribution in [3.8, 4) is 5.95 Å². The summed E-state index contributed by atoms with van der Waals surface area (Å²) in [6, 6.07) is 3.15. The smallest absolute Gasteiger partial charge is 0.440 e. The number of aromatic nitrogens is 8. The van der Waals surface area contributed by atoms with E-state index in [1.165, 1.54) is 19.2 Å². The third kappa shape index (κ3) is 9.01. The standard InChI is InChI=1S/C11H10N4O2.C5H3Cl3N2.C5H3ClF2N2/c1-7-12-8(2)14-11(13-7)15-5-3-4-9(6-15)10(16)17;2*1-2-3(6)4(7)10-5(8)9-2/h3-6H,1-2H3;2*1H3/p+1. The largest absolute Gasteiger partial charge is 0.478 e. The molecule has 0 saturated carbocycles. The molecule has 0 radical (unpaired) electrons. The quantitative estimate of drug-likeness (QED) is 0.195. The van der Waals surface area contributed by atoms with E-state index in [4.69, 9.17) is 51.5 Å². The van der Waals surface area contributed by atoms with Gasteiger partial charge >= 0.3 is 18.0 Å². The molecule has 0 bridgehead atoms. The zero-order valence-corrected chi connectivity index (χ0v) is 22.5. The number of hydrogen-bond donors (Lipinski definition) is 1. The fraction of sp³-hybridized carbons (Fsp3) is 0.190. The van der Waals surface area contributed by atoms with Crippen LogP contribution in [0.5, 0.6) is 0 Å². The van der Waals surface area contributed by atoms with Gasteiger partial charge in [0.05, 0.1) is 34.4 Å². The van der Waals surface area contributed by atoms with Crippen LogP contribution in [0.3, 0.4) is 0 Å². The molecular weight excluding hydrogens is 576 g/mol. The number of carbonyl (C=O) groups is 1. The first kappa shape index (κ1) is 30.0. The highest BCUT2D eigenvalue weighted by Crippen LogP contribution is 2.22. The molecule has 1 N–H and O–H groups in total. The van der Waals surface area contributed by atoms with Crippen LogP contribution in [-0.4, -0.2) is 46.0 Å². The number of pyridine rings is 1. The van der Waals surface area contributed by atoms with Crippen molar-refractivity contribution in [1.29, 1.82) is 0 Å². The van der Waals surface area contributed by atoms with Gasteiger partial charge in [0.15, 0.2) is 5.15 Å². The minimum absolute atomic E-state index is 0.103.